The van der Waals surface area contributed by atoms with Crippen LogP contribution in [0.2, 0.25) is 0 Å². The van der Waals surface area contributed by atoms with Crippen molar-refractivity contribution in [2.24, 2.45) is 7.05 Å². The molecule has 1 N–H and O–H groups in total. The molecule has 4 heteroatoms. The molecule has 1 heterocycles. The van der Waals surface area contributed by atoms with Gasteiger partial charge in [0.2, 0.25) is 0 Å². The second-order valence-electron chi connectivity index (χ2n) is 4.28. The van der Waals surface area contributed by atoms with Crippen molar-refractivity contribution in [3.05, 3.63) is 40.2 Å². The number of Topliss-reactive ketones (excluding diaryl/α,β-unsaturated/α-hetero) is 1. The van der Waals surface area contributed by atoms with Gasteiger partial charge in [0, 0.05) is 18.9 Å². The Labute approximate surface area is 104 Å². The number of carbonyl (C=O) groups is 1. The summed E-state index contributed by atoms with van der Waals surface area (Å²) < 4.78 is 1.40. The normalized spacial score (nSPS) is 10.8. The second kappa shape index (κ2) is 4.64. The van der Waals surface area contributed by atoms with Crippen LogP contribution in [0, 0.1) is 0 Å². The summed E-state index contributed by atoms with van der Waals surface area (Å²) >= 11 is 0. The summed E-state index contributed by atoms with van der Waals surface area (Å²) in [6.07, 6.45) is 0.912. The van der Waals surface area contributed by atoms with Gasteiger partial charge in [-0.05, 0) is 18.6 Å². The minimum absolute atomic E-state index is 0.0990. The van der Waals surface area contributed by atoms with Crippen LogP contribution in [0.3, 0.4) is 0 Å². The number of carbonyl (C=O) groups excluding carboxylic acids is 1. The van der Waals surface area contributed by atoms with Crippen LogP contribution in [-0.2, 0) is 7.05 Å². The van der Waals surface area contributed by atoms with Gasteiger partial charge in [-0.15, -0.1) is 0 Å². The van der Waals surface area contributed by atoms with Crippen molar-refractivity contribution in [1.29, 1.82) is 0 Å². The zero-order valence-corrected chi connectivity index (χ0v) is 10.4. The van der Waals surface area contributed by atoms with Gasteiger partial charge in [-0.3, -0.25) is 9.59 Å². The van der Waals surface area contributed by atoms with E-state index >= 15 is 0 Å². The van der Waals surface area contributed by atoms with Crippen molar-refractivity contribution in [3.63, 3.8) is 0 Å². The third-order valence-electron chi connectivity index (χ3n) is 3.03. The maximum atomic E-state index is 12.1. The van der Waals surface area contributed by atoms with Gasteiger partial charge in [0.25, 0.3) is 5.56 Å². The number of fused-ring (bicyclic) bond motifs is 1. The molecule has 4 nitrogen and oxygen atoms in total. The highest BCUT2D eigenvalue weighted by molar-refractivity contribution is 6.03. The van der Waals surface area contributed by atoms with Gasteiger partial charge in [-0.1, -0.05) is 19.1 Å². The summed E-state index contributed by atoms with van der Waals surface area (Å²) in [6, 6.07) is 6.99. The highest BCUT2D eigenvalue weighted by Crippen LogP contribution is 2.26. The smallest absolute Gasteiger partial charge is 0.265 e. The molecule has 1 aromatic heterocycles. The van der Waals surface area contributed by atoms with Crippen molar-refractivity contribution in [3.8, 4) is 5.75 Å². The molecule has 0 bridgehead atoms. The van der Waals surface area contributed by atoms with Gasteiger partial charge >= 0.3 is 0 Å². The standard InChI is InChI=1S/C14H15NO3/c1-3-6-11(16)12-13(17)9-7-4-5-8-10(9)15(2)14(12)18/h4-5,7-8,17H,3,6H2,1-2H3. The minimum atomic E-state index is -0.440. The lowest BCUT2D eigenvalue weighted by atomic mass is 10.0. The minimum Gasteiger partial charge on any atom is -0.506 e. The number of pyridine rings is 1. The Kier molecular flexibility index (Phi) is 3.19. The molecule has 0 aliphatic rings. The molecule has 94 valence electrons. The Morgan fingerprint density at radius 1 is 1.33 bits per heavy atom. The lowest BCUT2D eigenvalue weighted by Crippen LogP contribution is -2.24. The van der Waals surface area contributed by atoms with E-state index in [1.165, 1.54) is 4.57 Å². The van der Waals surface area contributed by atoms with Crippen molar-refractivity contribution in [2.45, 2.75) is 19.8 Å². The van der Waals surface area contributed by atoms with E-state index in [-0.39, 0.29) is 23.5 Å². The third-order valence-corrected chi connectivity index (χ3v) is 3.03. The SMILES string of the molecule is CCCC(=O)c1c(O)c2ccccc2n(C)c1=O. The fourth-order valence-electron chi connectivity index (χ4n) is 2.08. The number of rotatable bonds is 3. The van der Waals surface area contributed by atoms with Crippen LogP contribution in [0.4, 0.5) is 0 Å². The summed E-state index contributed by atoms with van der Waals surface area (Å²) in [6.45, 7) is 1.86. The summed E-state index contributed by atoms with van der Waals surface area (Å²) in [7, 11) is 1.60. The number of aromatic hydroxyl groups is 1. The summed E-state index contributed by atoms with van der Waals surface area (Å²) in [5.74, 6) is -0.506. The average Bonchev–Trinajstić information content (AvgIpc) is 2.37. The molecule has 1 aromatic carbocycles. The topological polar surface area (TPSA) is 59.3 Å². The molecule has 0 radical (unpaired) electrons. The maximum absolute atomic E-state index is 12.1. The van der Waals surface area contributed by atoms with Gasteiger partial charge in [0.15, 0.2) is 5.78 Å². The monoisotopic (exact) mass is 245 g/mol. The molecule has 0 saturated heterocycles. The number of benzene rings is 1. The Morgan fingerprint density at radius 3 is 2.67 bits per heavy atom. The van der Waals surface area contributed by atoms with Gasteiger partial charge < -0.3 is 9.67 Å². The van der Waals surface area contributed by atoms with Crippen LogP contribution in [0.5, 0.6) is 5.75 Å². The number of hydrogen-bond acceptors (Lipinski definition) is 3. The predicted molar refractivity (Wildman–Crippen MR) is 70.1 cm³/mol. The maximum Gasteiger partial charge on any atom is 0.265 e. The summed E-state index contributed by atoms with van der Waals surface area (Å²) in [5.41, 5.74) is 0.0794. The van der Waals surface area contributed by atoms with Crippen molar-refractivity contribution >= 4 is 16.7 Å². The Bertz CT molecular complexity index is 671. The highest BCUT2D eigenvalue weighted by atomic mass is 16.3. The number of nitrogens with zero attached hydrogens (tertiary/aromatic N) is 1. The predicted octanol–water partition coefficient (Wildman–Crippen LogP) is 2.23. The van der Waals surface area contributed by atoms with Crippen molar-refractivity contribution < 1.29 is 9.90 Å². The van der Waals surface area contributed by atoms with Crippen LogP contribution in [-0.4, -0.2) is 15.5 Å². The zero-order chi connectivity index (χ0) is 13.3. The summed E-state index contributed by atoms with van der Waals surface area (Å²) in [5, 5.41) is 10.6. The molecule has 0 spiro atoms. The molecule has 0 aliphatic heterocycles. The van der Waals surface area contributed by atoms with E-state index in [9.17, 15) is 14.7 Å². The molecule has 2 aromatic rings. The number of aryl methyl sites for hydroxylation is 1. The van der Waals surface area contributed by atoms with E-state index in [2.05, 4.69) is 0 Å². The van der Waals surface area contributed by atoms with Crippen LogP contribution in [0.1, 0.15) is 30.1 Å². The van der Waals surface area contributed by atoms with Crippen LogP contribution >= 0.6 is 0 Å². The Hall–Kier alpha value is -2.10. The lowest BCUT2D eigenvalue weighted by molar-refractivity contribution is 0.0977. The van der Waals surface area contributed by atoms with E-state index in [0.717, 1.165) is 0 Å². The first-order valence-electron chi connectivity index (χ1n) is 5.91. The first-order valence-corrected chi connectivity index (χ1v) is 5.91. The summed E-state index contributed by atoms with van der Waals surface area (Å²) in [4.78, 5) is 24.0. The molecule has 0 aliphatic carbocycles. The van der Waals surface area contributed by atoms with E-state index in [1.54, 1.807) is 31.3 Å². The Morgan fingerprint density at radius 2 is 2.00 bits per heavy atom. The first-order chi connectivity index (χ1) is 8.57. The Balaban J connectivity index is 2.83. The quantitative estimate of drug-likeness (QED) is 0.843. The van der Waals surface area contributed by atoms with Crippen molar-refractivity contribution in [1.82, 2.24) is 4.57 Å². The van der Waals surface area contributed by atoms with Gasteiger partial charge in [0.1, 0.15) is 11.3 Å². The molecular formula is C14H15NO3. The van der Waals surface area contributed by atoms with E-state index in [1.807, 2.05) is 6.92 Å². The first kappa shape index (κ1) is 12.4. The third kappa shape index (κ3) is 1.79. The van der Waals surface area contributed by atoms with Gasteiger partial charge in [-0.25, -0.2) is 0 Å². The number of para-hydroxylation sites is 1. The number of ketones is 1. The van der Waals surface area contributed by atoms with Crippen LogP contribution in [0.25, 0.3) is 10.9 Å². The molecule has 0 fully saturated rings. The molecule has 0 saturated carbocycles. The fraction of sp³-hybridized carbons (Fsp3) is 0.286. The van der Waals surface area contributed by atoms with Gasteiger partial charge in [0.05, 0.1) is 5.52 Å². The highest BCUT2D eigenvalue weighted by Gasteiger charge is 2.19. The zero-order valence-electron chi connectivity index (χ0n) is 10.4. The molecule has 0 amide bonds. The molecule has 0 atom stereocenters. The van der Waals surface area contributed by atoms with Crippen molar-refractivity contribution in [2.75, 3.05) is 0 Å². The largest absolute Gasteiger partial charge is 0.506 e. The van der Waals surface area contributed by atoms with E-state index in [4.69, 9.17) is 0 Å². The van der Waals surface area contributed by atoms with E-state index < -0.39 is 5.56 Å². The van der Waals surface area contributed by atoms with Crippen LogP contribution in [0.15, 0.2) is 29.1 Å². The van der Waals surface area contributed by atoms with Crippen LogP contribution < -0.4 is 5.56 Å². The fourth-order valence-corrected chi connectivity index (χ4v) is 2.08. The average molecular weight is 245 g/mol. The van der Waals surface area contributed by atoms with E-state index in [0.29, 0.717) is 17.3 Å². The number of hydrogen-bond donors (Lipinski definition) is 1. The molecular weight excluding hydrogens is 230 g/mol. The second-order valence-corrected chi connectivity index (χ2v) is 4.28. The molecule has 0 unspecified atom stereocenters. The lowest BCUT2D eigenvalue weighted by Gasteiger charge is -2.10. The van der Waals surface area contributed by atoms with Gasteiger partial charge in [-0.2, -0.15) is 0 Å². The molecule has 2 rings (SSSR count). The number of aromatic nitrogens is 1. The molecule has 18 heavy (non-hydrogen) atoms.